The molecular weight excluding hydrogens is 197 g/mol. The van der Waals surface area contributed by atoms with Crippen LogP contribution in [0.1, 0.15) is 0 Å². The van der Waals surface area contributed by atoms with Gasteiger partial charge in [-0.25, -0.2) is 5.21 Å². The van der Waals surface area contributed by atoms with Gasteiger partial charge < -0.3 is 14.4 Å². The summed E-state index contributed by atoms with van der Waals surface area (Å²) >= 11 is 0. The monoisotopic (exact) mass is 203 g/mol. The largest absolute Gasteiger partial charge is 0.775 e. The molecule has 1 aromatic rings. The van der Waals surface area contributed by atoms with E-state index in [0.29, 0.717) is 0 Å². The van der Waals surface area contributed by atoms with Crippen molar-refractivity contribution in [1.29, 1.82) is 0 Å². The molecule has 0 fully saturated rings. The first-order valence-electron chi connectivity index (χ1n) is 3.22. The average molecular weight is 203 g/mol. The fraction of sp³-hybridized carbons (Fsp3) is 0. The van der Waals surface area contributed by atoms with Gasteiger partial charge >= 0.3 is 5.69 Å². The van der Waals surface area contributed by atoms with E-state index in [1.54, 1.807) is 0 Å². The number of rotatable bonds is 2. The molecule has 0 amide bonds. The Morgan fingerprint density at radius 2 is 1.77 bits per heavy atom. The zero-order chi connectivity index (χ0) is 10.1. The molecule has 0 aliphatic heterocycles. The summed E-state index contributed by atoms with van der Waals surface area (Å²) < 4.78 is 10.5. The highest BCUT2D eigenvalue weighted by Gasteiger charge is 2.12. The fourth-order valence-electron chi connectivity index (χ4n) is 0.769. The van der Waals surface area contributed by atoms with Gasteiger partial charge in [-0.05, 0) is 12.1 Å². The molecule has 0 aliphatic rings. The number of hydrogen-bond acceptors (Lipinski definition) is 3. The molecule has 7 heteroatoms. The Kier molecular flexibility index (Phi) is 2.47. The SMILES string of the molecule is O=[N+](O)c1ccc(P(=O)([O-])O)cc1. The van der Waals surface area contributed by atoms with Gasteiger partial charge in [-0.1, -0.05) is 0 Å². The Morgan fingerprint density at radius 1 is 1.31 bits per heavy atom. The van der Waals surface area contributed by atoms with Crippen LogP contribution in [0.4, 0.5) is 5.69 Å². The van der Waals surface area contributed by atoms with Crippen molar-refractivity contribution in [3.8, 4) is 0 Å². The predicted molar refractivity (Wildman–Crippen MR) is 41.0 cm³/mol. The van der Waals surface area contributed by atoms with Crippen molar-refractivity contribution >= 4 is 18.6 Å². The van der Waals surface area contributed by atoms with Crippen molar-refractivity contribution in [3.63, 3.8) is 0 Å². The first-order chi connectivity index (χ1) is 5.91. The molecule has 0 saturated carbocycles. The van der Waals surface area contributed by atoms with Gasteiger partial charge in [0, 0.05) is 17.4 Å². The van der Waals surface area contributed by atoms with Crippen molar-refractivity contribution < 1.29 is 24.5 Å². The lowest BCUT2D eigenvalue weighted by Crippen LogP contribution is -2.13. The van der Waals surface area contributed by atoms with Crippen molar-refractivity contribution in [1.82, 2.24) is 0 Å². The van der Waals surface area contributed by atoms with Crippen LogP contribution in [0, 0.1) is 4.91 Å². The second-order valence-electron chi connectivity index (χ2n) is 2.31. The van der Waals surface area contributed by atoms with E-state index >= 15 is 0 Å². The Balaban J connectivity index is 3.08. The van der Waals surface area contributed by atoms with Gasteiger partial charge in [0.1, 0.15) is 0 Å². The fourth-order valence-corrected chi connectivity index (χ4v) is 1.29. The van der Waals surface area contributed by atoms with Crippen LogP contribution in [-0.4, -0.2) is 15.0 Å². The molecule has 0 saturated heterocycles. The Bertz CT molecular complexity index is 367. The van der Waals surface area contributed by atoms with Crippen molar-refractivity contribution in [3.05, 3.63) is 29.2 Å². The maximum Gasteiger partial charge on any atom is 0.316 e. The summed E-state index contributed by atoms with van der Waals surface area (Å²) in [5.74, 6) is 0. The zero-order valence-electron chi connectivity index (χ0n) is 6.32. The smallest absolute Gasteiger partial charge is 0.316 e. The lowest BCUT2D eigenvalue weighted by atomic mass is 10.3. The highest BCUT2D eigenvalue weighted by molar-refractivity contribution is 7.58. The molecule has 2 N–H and O–H groups in total. The summed E-state index contributed by atoms with van der Waals surface area (Å²) in [6, 6.07) is 4.18. The van der Waals surface area contributed by atoms with E-state index in [4.69, 9.17) is 10.1 Å². The van der Waals surface area contributed by atoms with Crippen LogP contribution in [0.2, 0.25) is 0 Å². The first-order valence-corrected chi connectivity index (χ1v) is 4.79. The minimum absolute atomic E-state index is 0.114. The Hall–Kier alpha value is -1.23. The number of benzene rings is 1. The normalized spacial score (nSPS) is 14.9. The molecular formula is C6H6NO5P. The molecule has 13 heavy (non-hydrogen) atoms. The lowest BCUT2D eigenvalue weighted by Gasteiger charge is -2.14. The van der Waals surface area contributed by atoms with Gasteiger partial charge in [0.15, 0.2) is 7.60 Å². The van der Waals surface area contributed by atoms with Crippen LogP contribution in [0.3, 0.4) is 0 Å². The van der Waals surface area contributed by atoms with Crippen molar-refractivity contribution in [2.75, 3.05) is 0 Å². The van der Waals surface area contributed by atoms with Crippen LogP contribution in [-0.2, 0) is 4.57 Å². The summed E-state index contributed by atoms with van der Waals surface area (Å²) in [6.45, 7) is 0. The van der Waals surface area contributed by atoms with Crippen LogP contribution < -0.4 is 10.2 Å². The van der Waals surface area contributed by atoms with E-state index < -0.39 is 12.5 Å². The summed E-state index contributed by atoms with van der Waals surface area (Å²) in [4.78, 5) is 29.0. The molecule has 70 valence electrons. The molecule has 0 heterocycles. The molecule has 1 aromatic carbocycles. The summed E-state index contributed by atoms with van der Waals surface area (Å²) in [7, 11) is -4.52. The number of hydrogen-bond donors (Lipinski definition) is 2. The highest BCUT2D eigenvalue weighted by Crippen LogP contribution is 2.27. The molecule has 0 spiro atoms. The van der Waals surface area contributed by atoms with Crippen molar-refractivity contribution in [2.24, 2.45) is 0 Å². The molecule has 0 aromatic heterocycles. The van der Waals surface area contributed by atoms with Gasteiger partial charge in [-0.2, -0.15) is 0 Å². The topological polar surface area (TPSA) is 101 Å². The van der Waals surface area contributed by atoms with Gasteiger partial charge in [0.25, 0.3) is 4.92 Å². The molecule has 0 aliphatic carbocycles. The van der Waals surface area contributed by atoms with Gasteiger partial charge in [0.05, 0.1) is 4.91 Å². The standard InChI is InChI=1S/C6H6NO5P/c8-7(9)5-1-3-6(4-2-5)13(10,11)12/h1-4H,(H2-,8,9,10,11,12). The molecule has 0 radical (unpaired) electrons. The van der Waals surface area contributed by atoms with E-state index in [1.165, 1.54) is 0 Å². The quantitative estimate of drug-likeness (QED) is 0.505. The second kappa shape index (κ2) is 3.26. The maximum atomic E-state index is 10.5. The summed E-state index contributed by atoms with van der Waals surface area (Å²) in [6.07, 6.45) is 0. The van der Waals surface area contributed by atoms with Crippen LogP contribution in [0.25, 0.3) is 0 Å². The van der Waals surface area contributed by atoms with Crippen LogP contribution >= 0.6 is 7.60 Å². The molecule has 1 rings (SSSR count). The molecule has 6 nitrogen and oxygen atoms in total. The summed E-state index contributed by atoms with van der Waals surface area (Å²) in [5.41, 5.74) is -0.114. The molecule has 1 atom stereocenters. The minimum atomic E-state index is -4.52. The van der Waals surface area contributed by atoms with E-state index in [2.05, 4.69) is 0 Å². The number of nitrogens with zero attached hydrogens (tertiary/aromatic N) is 1. The van der Waals surface area contributed by atoms with Gasteiger partial charge in [-0.15, -0.1) is 0 Å². The highest BCUT2D eigenvalue weighted by atomic mass is 31.2. The molecule has 0 bridgehead atoms. The van der Waals surface area contributed by atoms with Gasteiger partial charge in [-0.3, -0.25) is 0 Å². The third-order valence-electron chi connectivity index (χ3n) is 1.40. The van der Waals surface area contributed by atoms with Crippen LogP contribution in [0.5, 0.6) is 0 Å². The third-order valence-corrected chi connectivity index (χ3v) is 2.35. The predicted octanol–water partition coefficient (Wildman–Crippen LogP) is -0.343. The van der Waals surface area contributed by atoms with E-state index in [-0.39, 0.29) is 11.0 Å². The lowest BCUT2D eigenvalue weighted by molar-refractivity contribution is -0.729. The average Bonchev–Trinajstić information content (AvgIpc) is 2.03. The Labute approximate surface area is 73.1 Å². The summed E-state index contributed by atoms with van der Waals surface area (Å²) in [5, 5.41) is 8.08. The Morgan fingerprint density at radius 3 is 2.08 bits per heavy atom. The van der Waals surface area contributed by atoms with E-state index in [9.17, 15) is 14.4 Å². The van der Waals surface area contributed by atoms with E-state index in [1.807, 2.05) is 0 Å². The minimum Gasteiger partial charge on any atom is -0.775 e. The zero-order valence-corrected chi connectivity index (χ0v) is 7.22. The first kappa shape index (κ1) is 9.85. The van der Waals surface area contributed by atoms with Gasteiger partial charge in [0.2, 0.25) is 0 Å². The van der Waals surface area contributed by atoms with Crippen LogP contribution in [0.15, 0.2) is 24.3 Å². The second-order valence-corrected chi connectivity index (χ2v) is 3.87. The van der Waals surface area contributed by atoms with E-state index in [0.717, 1.165) is 24.3 Å². The maximum absolute atomic E-state index is 10.5. The third kappa shape index (κ3) is 2.35. The molecule has 1 unspecified atom stereocenters. The van der Waals surface area contributed by atoms with Crippen molar-refractivity contribution in [2.45, 2.75) is 0 Å².